The zero-order valence-corrected chi connectivity index (χ0v) is 6.86. The fourth-order valence-electron chi connectivity index (χ4n) is 0.992. The first-order valence-electron chi connectivity index (χ1n) is 3.41. The van der Waals surface area contributed by atoms with E-state index in [0.717, 1.165) is 6.61 Å². The second kappa shape index (κ2) is 3.30. The highest BCUT2D eigenvalue weighted by Gasteiger charge is 2.11. The molecule has 0 spiro atoms. The smallest absolute Gasteiger partial charge is 0.0928 e. The molecule has 0 aromatic carbocycles. The SMILES string of the molecule is B[SiH2][C]1CCCCO1. The molecule has 8 heavy (non-hydrogen) atoms. The standard InChI is InChI=1S/C5H12BOSi/c6-8-5-3-1-2-4-7-5/h1-4,6,8H2. The van der Waals surface area contributed by atoms with E-state index in [1.807, 2.05) is 0 Å². The van der Waals surface area contributed by atoms with E-state index in [2.05, 4.69) is 7.44 Å². The lowest BCUT2D eigenvalue weighted by Crippen LogP contribution is -2.17. The summed E-state index contributed by atoms with van der Waals surface area (Å²) >= 11 is 0. The predicted octanol–water partition coefficient (Wildman–Crippen LogP) is -0.607. The van der Waals surface area contributed by atoms with Gasteiger partial charge < -0.3 is 4.74 Å². The van der Waals surface area contributed by atoms with E-state index in [9.17, 15) is 0 Å². The molecule has 0 aliphatic carbocycles. The molecule has 0 amide bonds. The quantitative estimate of drug-likeness (QED) is 0.427. The van der Waals surface area contributed by atoms with Crippen LogP contribution >= 0.6 is 0 Å². The fourth-order valence-corrected chi connectivity index (χ4v) is 1.94. The topological polar surface area (TPSA) is 9.23 Å². The molecule has 45 valence electrons. The normalized spacial score (nSPS) is 25.0. The molecular weight excluding hydrogens is 115 g/mol. The van der Waals surface area contributed by atoms with Crippen LogP contribution in [-0.2, 0) is 4.74 Å². The van der Waals surface area contributed by atoms with Crippen LogP contribution in [0.2, 0.25) is 0 Å². The first-order valence-corrected chi connectivity index (χ1v) is 5.53. The van der Waals surface area contributed by atoms with Crippen molar-refractivity contribution in [2.75, 3.05) is 6.61 Å². The van der Waals surface area contributed by atoms with Crippen molar-refractivity contribution in [2.24, 2.45) is 0 Å². The first-order chi connectivity index (χ1) is 3.93. The van der Waals surface area contributed by atoms with Crippen LogP contribution in [0.25, 0.3) is 0 Å². The third-order valence-electron chi connectivity index (χ3n) is 1.55. The minimum absolute atomic E-state index is 0.0627. The maximum atomic E-state index is 5.41. The Bertz CT molecular complexity index is 63.4. The Labute approximate surface area is 54.0 Å². The van der Waals surface area contributed by atoms with Gasteiger partial charge in [-0.25, -0.2) is 0 Å². The van der Waals surface area contributed by atoms with Crippen molar-refractivity contribution in [2.45, 2.75) is 19.3 Å². The van der Waals surface area contributed by atoms with E-state index >= 15 is 0 Å². The maximum absolute atomic E-state index is 5.41. The van der Waals surface area contributed by atoms with Crippen molar-refractivity contribution in [1.82, 2.24) is 0 Å². The van der Waals surface area contributed by atoms with E-state index < -0.39 is 0 Å². The molecule has 0 saturated carbocycles. The zero-order valence-electron chi connectivity index (χ0n) is 5.44. The van der Waals surface area contributed by atoms with Gasteiger partial charge in [0.05, 0.1) is 13.2 Å². The molecular formula is C5H12BOSi. The van der Waals surface area contributed by atoms with Crippen LogP contribution < -0.4 is 0 Å². The van der Waals surface area contributed by atoms with Crippen molar-refractivity contribution >= 4 is 16.8 Å². The summed E-state index contributed by atoms with van der Waals surface area (Å²) in [4.78, 5) is 0. The van der Waals surface area contributed by atoms with E-state index in [1.54, 1.807) is 0 Å². The predicted molar refractivity (Wildman–Crippen MR) is 40.1 cm³/mol. The molecule has 1 fully saturated rings. The van der Waals surface area contributed by atoms with Gasteiger partial charge in [-0.15, -0.1) is 0 Å². The summed E-state index contributed by atoms with van der Waals surface area (Å²) in [6.45, 7) is 0.996. The minimum Gasteiger partial charge on any atom is -0.377 e. The lowest BCUT2D eigenvalue weighted by molar-refractivity contribution is 0.136. The van der Waals surface area contributed by atoms with E-state index in [0.29, 0.717) is 0 Å². The maximum Gasteiger partial charge on any atom is 0.0928 e. The van der Waals surface area contributed by atoms with Crippen LogP contribution in [0.1, 0.15) is 19.3 Å². The van der Waals surface area contributed by atoms with Gasteiger partial charge in [-0.05, 0) is 19.3 Å². The largest absolute Gasteiger partial charge is 0.377 e. The Morgan fingerprint density at radius 2 is 2.38 bits per heavy atom. The molecule has 0 aromatic heterocycles. The second-order valence-electron chi connectivity index (χ2n) is 2.20. The van der Waals surface area contributed by atoms with Crippen molar-refractivity contribution in [1.29, 1.82) is 0 Å². The molecule has 3 heteroatoms. The number of rotatable bonds is 1. The summed E-state index contributed by atoms with van der Waals surface area (Å²) in [7, 11) is 2.35. The molecule has 1 aliphatic heterocycles. The highest BCUT2D eigenvalue weighted by molar-refractivity contribution is 6.92. The van der Waals surface area contributed by atoms with Gasteiger partial charge in [0.2, 0.25) is 0 Å². The molecule has 1 heterocycles. The van der Waals surface area contributed by atoms with Crippen LogP contribution in [0, 0.1) is 5.73 Å². The Morgan fingerprint density at radius 1 is 1.50 bits per heavy atom. The lowest BCUT2D eigenvalue weighted by Gasteiger charge is -2.19. The van der Waals surface area contributed by atoms with Crippen LogP contribution in [0.5, 0.6) is 0 Å². The summed E-state index contributed by atoms with van der Waals surface area (Å²) in [5, 5.41) is 0. The molecule has 0 N–H and O–H groups in total. The highest BCUT2D eigenvalue weighted by atomic mass is 28.2. The average molecular weight is 127 g/mol. The fraction of sp³-hybridized carbons (Fsp3) is 0.800. The third kappa shape index (κ3) is 1.64. The molecule has 0 bridgehead atoms. The first kappa shape index (κ1) is 6.36. The van der Waals surface area contributed by atoms with Crippen molar-refractivity contribution in [3.8, 4) is 0 Å². The van der Waals surface area contributed by atoms with Crippen molar-refractivity contribution in [3.63, 3.8) is 0 Å². The summed E-state index contributed by atoms with van der Waals surface area (Å²) < 4.78 is 5.41. The number of ether oxygens (including phenoxy) is 1. The summed E-state index contributed by atoms with van der Waals surface area (Å²) in [5.41, 5.74) is 1.44. The van der Waals surface area contributed by atoms with Gasteiger partial charge >= 0.3 is 0 Å². The lowest BCUT2D eigenvalue weighted by atomic mass is 10.2. The second-order valence-corrected chi connectivity index (χ2v) is 3.69. The Hall–Kier alpha value is 0.242. The summed E-state index contributed by atoms with van der Waals surface area (Å²) in [6, 6.07) is 0. The van der Waals surface area contributed by atoms with Gasteiger partial charge in [0.1, 0.15) is 0 Å². The average Bonchev–Trinajstić information content (AvgIpc) is 1.90. The molecule has 0 unspecified atom stereocenters. The Morgan fingerprint density at radius 3 is 2.75 bits per heavy atom. The molecule has 1 radical (unpaired) electrons. The van der Waals surface area contributed by atoms with Gasteiger partial charge in [0.25, 0.3) is 0 Å². The number of hydrogen-bond acceptors (Lipinski definition) is 1. The summed E-state index contributed by atoms with van der Waals surface area (Å²) in [6.07, 6.45) is 3.91. The van der Waals surface area contributed by atoms with Gasteiger partial charge in [0, 0.05) is 16.0 Å². The van der Waals surface area contributed by atoms with Crippen LogP contribution in [0.15, 0.2) is 0 Å². The van der Waals surface area contributed by atoms with E-state index in [-0.39, 0.29) is 9.39 Å². The van der Waals surface area contributed by atoms with E-state index in [4.69, 9.17) is 4.74 Å². The molecule has 1 aliphatic rings. The van der Waals surface area contributed by atoms with Crippen molar-refractivity contribution < 1.29 is 4.74 Å². The van der Waals surface area contributed by atoms with Gasteiger partial charge in [0.15, 0.2) is 0 Å². The van der Waals surface area contributed by atoms with Crippen molar-refractivity contribution in [3.05, 3.63) is 5.73 Å². The third-order valence-corrected chi connectivity index (χ3v) is 2.90. The number of hydrogen-bond donors (Lipinski definition) is 0. The van der Waals surface area contributed by atoms with Gasteiger partial charge in [-0.3, -0.25) is 0 Å². The minimum atomic E-state index is 0.0627. The van der Waals surface area contributed by atoms with Crippen LogP contribution in [-0.4, -0.2) is 23.4 Å². The Balaban J connectivity index is 2.13. The van der Waals surface area contributed by atoms with Crippen LogP contribution in [0.3, 0.4) is 0 Å². The summed E-state index contributed by atoms with van der Waals surface area (Å²) in [5.74, 6) is 0. The monoisotopic (exact) mass is 127 g/mol. The zero-order chi connectivity index (χ0) is 5.82. The van der Waals surface area contributed by atoms with Gasteiger partial charge in [-0.2, -0.15) is 0 Å². The molecule has 1 nitrogen and oxygen atoms in total. The van der Waals surface area contributed by atoms with E-state index in [1.165, 1.54) is 25.0 Å². The van der Waals surface area contributed by atoms with Crippen LogP contribution in [0.4, 0.5) is 0 Å². The Kier molecular flexibility index (Phi) is 2.63. The molecule has 1 rings (SSSR count). The molecule has 0 atom stereocenters. The molecule has 1 saturated heterocycles. The highest BCUT2D eigenvalue weighted by Crippen LogP contribution is 2.16. The molecule has 0 aromatic rings. The van der Waals surface area contributed by atoms with Gasteiger partial charge in [-0.1, -0.05) is 0 Å².